The maximum absolute atomic E-state index is 13.2. The number of carbonyl (C=O) groups is 1. The van der Waals surface area contributed by atoms with E-state index in [1.54, 1.807) is 4.90 Å². The largest absolute Gasteiger partial charge is 0.336 e. The highest BCUT2D eigenvalue weighted by atomic mass is 19.2. The van der Waals surface area contributed by atoms with Gasteiger partial charge in [-0.05, 0) is 18.1 Å². The number of hydrogen-bond acceptors (Lipinski definition) is 2. The highest BCUT2D eigenvalue weighted by molar-refractivity contribution is 5.94. The summed E-state index contributed by atoms with van der Waals surface area (Å²) in [7, 11) is 0. The minimum Gasteiger partial charge on any atom is -0.336 e. The normalized spacial score (nSPS) is 16.6. The summed E-state index contributed by atoms with van der Waals surface area (Å²) >= 11 is 0. The van der Waals surface area contributed by atoms with E-state index in [2.05, 4.69) is 18.7 Å². The van der Waals surface area contributed by atoms with E-state index in [1.807, 2.05) is 0 Å². The molecule has 1 amide bonds. The summed E-state index contributed by atoms with van der Waals surface area (Å²) in [6, 6.07) is 1.50. The number of amides is 1. The van der Waals surface area contributed by atoms with E-state index in [-0.39, 0.29) is 5.56 Å². The fraction of sp³-hybridized carbons (Fsp3) is 0.533. The summed E-state index contributed by atoms with van der Waals surface area (Å²) in [6.45, 7) is 7.69. The van der Waals surface area contributed by atoms with Gasteiger partial charge < -0.3 is 4.90 Å². The Balaban J connectivity index is 2.02. The molecule has 1 aromatic carbocycles. The Bertz CT molecular complexity index is 503. The van der Waals surface area contributed by atoms with Crippen molar-refractivity contribution in [3.05, 3.63) is 35.1 Å². The fourth-order valence-corrected chi connectivity index (χ4v) is 2.51. The Morgan fingerprint density at radius 1 is 1.10 bits per heavy atom. The molecule has 6 heteroatoms. The van der Waals surface area contributed by atoms with Crippen LogP contribution in [0.5, 0.6) is 0 Å². The van der Waals surface area contributed by atoms with Gasteiger partial charge in [-0.25, -0.2) is 13.2 Å². The van der Waals surface area contributed by atoms with E-state index in [1.165, 1.54) is 0 Å². The van der Waals surface area contributed by atoms with Gasteiger partial charge in [0.15, 0.2) is 17.5 Å². The zero-order valence-electron chi connectivity index (χ0n) is 12.2. The summed E-state index contributed by atoms with van der Waals surface area (Å²) in [5.74, 6) is -4.13. The molecule has 1 fully saturated rings. The smallest absolute Gasteiger partial charge is 0.254 e. The molecule has 1 saturated heterocycles. The van der Waals surface area contributed by atoms with Crippen LogP contribution in [0.4, 0.5) is 13.2 Å². The van der Waals surface area contributed by atoms with Crippen LogP contribution in [0.15, 0.2) is 12.1 Å². The van der Waals surface area contributed by atoms with Crippen molar-refractivity contribution in [1.29, 1.82) is 0 Å². The summed E-state index contributed by atoms with van der Waals surface area (Å²) in [5.41, 5.74) is -0.149. The molecule has 1 aliphatic rings. The number of nitrogens with zero attached hydrogens (tertiary/aromatic N) is 2. The second-order valence-corrected chi connectivity index (χ2v) is 5.74. The van der Waals surface area contributed by atoms with Crippen molar-refractivity contribution in [2.24, 2.45) is 5.92 Å². The predicted molar refractivity (Wildman–Crippen MR) is 73.5 cm³/mol. The van der Waals surface area contributed by atoms with Crippen molar-refractivity contribution in [3.63, 3.8) is 0 Å². The standard InChI is InChI=1S/C15H19F3N2O/c1-10(2)9-19-3-5-20(6-4-19)15(21)11-7-12(16)14(18)13(17)8-11/h7-8,10H,3-6,9H2,1-2H3. The molecule has 0 unspecified atom stereocenters. The van der Waals surface area contributed by atoms with Crippen LogP contribution in [0, 0.1) is 23.4 Å². The fourth-order valence-electron chi connectivity index (χ4n) is 2.51. The minimum atomic E-state index is -1.55. The van der Waals surface area contributed by atoms with Gasteiger partial charge in [0.1, 0.15) is 0 Å². The number of halogens is 3. The molecule has 0 N–H and O–H groups in total. The van der Waals surface area contributed by atoms with Gasteiger partial charge in [-0.3, -0.25) is 9.69 Å². The molecule has 0 radical (unpaired) electrons. The van der Waals surface area contributed by atoms with E-state index in [4.69, 9.17) is 0 Å². The Hall–Kier alpha value is -1.56. The first-order chi connectivity index (χ1) is 9.88. The van der Waals surface area contributed by atoms with Gasteiger partial charge in [0.05, 0.1) is 0 Å². The Morgan fingerprint density at radius 2 is 1.62 bits per heavy atom. The molecule has 1 aliphatic heterocycles. The highest BCUT2D eigenvalue weighted by Gasteiger charge is 2.24. The van der Waals surface area contributed by atoms with Crippen LogP contribution in [-0.2, 0) is 0 Å². The molecule has 3 nitrogen and oxygen atoms in total. The van der Waals surface area contributed by atoms with Crippen LogP contribution in [0.1, 0.15) is 24.2 Å². The Morgan fingerprint density at radius 3 is 2.10 bits per heavy atom. The average Bonchev–Trinajstić information content (AvgIpc) is 2.43. The number of piperazine rings is 1. The van der Waals surface area contributed by atoms with Crippen molar-refractivity contribution >= 4 is 5.91 Å². The molecule has 0 bridgehead atoms. The zero-order valence-corrected chi connectivity index (χ0v) is 12.2. The summed E-state index contributed by atoms with van der Waals surface area (Å²) in [5, 5.41) is 0. The molecular formula is C15H19F3N2O. The van der Waals surface area contributed by atoms with E-state index in [0.29, 0.717) is 19.0 Å². The molecule has 1 heterocycles. The second-order valence-electron chi connectivity index (χ2n) is 5.74. The molecule has 21 heavy (non-hydrogen) atoms. The quantitative estimate of drug-likeness (QED) is 0.801. The third-order valence-electron chi connectivity index (χ3n) is 3.51. The average molecular weight is 300 g/mol. The topological polar surface area (TPSA) is 23.6 Å². The zero-order chi connectivity index (χ0) is 15.6. The summed E-state index contributed by atoms with van der Waals surface area (Å²) < 4.78 is 39.3. The van der Waals surface area contributed by atoms with Gasteiger partial charge in [-0.1, -0.05) is 13.8 Å². The molecular weight excluding hydrogens is 281 g/mol. The summed E-state index contributed by atoms with van der Waals surface area (Å²) in [6.07, 6.45) is 0. The maximum atomic E-state index is 13.2. The SMILES string of the molecule is CC(C)CN1CCN(C(=O)c2cc(F)c(F)c(F)c2)CC1. The molecule has 0 saturated carbocycles. The molecule has 0 atom stereocenters. The van der Waals surface area contributed by atoms with Crippen LogP contribution in [0.3, 0.4) is 0 Å². The summed E-state index contributed by atoms with van der Waals surface area (Å²) in [4.78, 5) is 16.0. The van der Waals surface area contributed by atoms with E-state index < -0.39 is 23.4 Å². The predicted octanol–water partition coefficient (Wildman–Crippen LogP) is 2.52. The van der Waals surface area contributed by atoms with E-state index >= 15 is 0 Å². The lowest BCUT2D eigenvalue weighted by atomic mass is 10.1. The number of carbonyl (C=O) groups excluding carboxylic acids is 1. The lowest BCUT2D eigenvalue weighted by Crippen LogP contribution is -2.49. The number of hydrogen-bond donors (Lipinski definition) is 0. The lowest BCUT2D eigenvalue weighted by molar-refractivity contribution is 0.0622. The van der Waals surface area contributed by atoms with Gasteiger partial charge in [-0.2, -0.15) is 0 Å². The third kappa shape index (κ3) is 3.75. The number of benzene rings is 1. The second kappa shape index (κ2) is 6.47. The highest BCUT2D eigenvalue weighted by Crippen LogP contribution is 2.16. The van der Waals surface area contributed by atoms with Gasteiger partial charge in [0.2, 0.25) is 0 Å². The van der Waals surface area contributed by atoms with Crippen LogP contribution in [0.2, 0.25) is 0 Å². The van der Waals surface area contributed by atoms with Crippen molar-refractivity contribution in [1.82, 2.24) is 9.80 Å². The van der Waals surface area contributed by atoms with Crippen molar-refractivity contribution < 1.29 is 18.0 Å². The van der Waals surface area contributed by atoms with Crippen LogP contribution in [0.25, 0.3) is 0 Å². The first kappa shape index (κ1) is 15.8. The third-order valence-corrected chi connectivity index (χ3v) is 3.51. The van der Waals surface area contributed by atoms with E-state index in [9.17, 15) is 18.0 Å². The molecule has 0 aliphatic carbocycles. The molecule has 1 aromatic rings. The minimum absolute atomic E-state index is 0.149. The first-order valence-corrected chi connectivity index (χ1v) is 7.04. The van der Waals surface area contributed by atoms with Crippen molar-refractivity contribution in [2.45, 2.75) is 13.8 Å². The van der Waals surface area contributed by atoms with Crippen LogP contribution < -0.4 is 0 Å². The molecule has 116 valence electrons. The first-order valence-electron chi connectivity index (χ1n) is 7.04. The van der Waals surface area contributed by atoms with Crippen molar-refractivity contribution in [2.75, 3.05) is 32.7 Å². The Kier molecular flexibility index (Phi) is 4.88. The van der Waals surface area contributed by atoms with Gasteiger partial charge in [-0.15, -0.1) is 0 Å². The maximum Gasteiger partial charge on any atom is 0.254 e. The van der Waals surface area contributed by atoms with Gasteiger partial charge in [0.25, 0.3) is 5.91 Å². The molecule has 0 spiro atoms. The van der Waals surface area contributed by atoms with Crippen LogP contribution >= 0.6 is 0 Å². The van der Waals surface area contributed by atoms with E-state index in [0.717, 1.165) is 31.8 Å². The molecule has 2 rings (SSSR count). The Labute approximate surface area is 122 Å². The molecule has 0 aromatic heterocycles. The van der Waals surface area contributed by atoms with Crippen LogP contribution in [-0.4, -0.2) is 48.4 Å². The lowest BCUT2D eigenvalue weighted by Gasteiger charge is -2.35. The van der Waals surface area contributed by atoms with Gasteiger partial charge in [0, 0.05) is 38.3 Å². The monoisotopic (exact) mass is 300 g/mol. The van der Waals surface area contributed by atoms with Gasteiger partial charge >= 0.3 is 0 Å². The number of rotatable bonds is 3. The van der Waals surface area contributed by atoms with Crippen molar-refractivity contribution in [3.8, 4) is 0 Å².